The van der Waals surface area contributed by atoms with E-state index in [9.17, 15) is 14.7 Å². The summed E-state index contributed by atoms with van der Waals surface area (Å²) in [6.07, 6.45) is 2.30. The Kier molecular flexibility index (Phi) is 9.10. The molecule has 0 unspecified atom stereocenters. The Bertz CT molecular complexity index is 1090. The Labute approximate surface area is 200 Å². The molecule has 0 aliphatic carbocycles. The van der Waals surface area contributed by atoms with Gasteiger partial charge in [-0.25, -0.2) is 9.78 Å². The number of primary amides is 1. The fraction of sp³-hybridized carbons (Fsp3) is 0.407. The van der Waals surface area contributed by atoms with Gasteiger partial charge < -0.3 is 15.6 Å². The molecular formula is C27H33N3O4. The molecule has 1 amide bonds. The molecule has 0 aliphatic rings. The van der Waals surface area contributed by atoms with Crippen LogP contribution >= 0.6 is 0 Å². The fourth-order valence-corrected chi connectivity index (χ4v) is 3.87. The molecule has 0 radical (unpaired) electrons. The topological polar surface area (TPSA) is 115 Å². The molecule has 0 bridgehead atoms. The monoisotopic (exact) mass is 463 g/mol. The van der Waals surface area contributed by atoms with Crippen LogP contribution in [-0.2, 0) is 16.0 Å². The van der Waals surface area contributed by atoms with Gasteiger partial charge in [-0.2, -0.15) is 0 Å². The Balaban J connectivity index is 1.77. The van der Waals surface area contributed by atoms with Gasteiger partial charge in [0.25, 0.3) is 0 Å². The summed E-state index contributed by atoms with van der Waals surface area (Å²) >= 11 is 0. The summed E-state index contributed by atoms with van der Waals surface area (Å²) in [6.45, 7) is 4.23. The maximum Gasteiger partial charge on any atom is 0.358 e. The number of rotatable bonds is 12. The molecule has 7 nitrogen and oxygen atoms in total. The lowest BCUT2D eigenvalue weighted by molar-refractivity contribution is -0.123. The van der Waals surface area contributed by atoms with Crippen LogP contribution in [0.1, 0.15) is 55.6 Å². The zero-order valence-corrected chi connectivity index (χ0v) is 19.8. The first-order chi connectivity index (χ1) is 16.4. The van der Waals surface area contributed by atoms with Crippen molar-refractivity contribution < 1.29 is 19.4 Å². The van der Waals surface area contributed by atoms with Gasteiger partial charge in [0, 0.05) is 12.3 Å². The number of hydrogen-bond acceptors (Lipinski definition) is 6. The SMILES string of the molecule is CC[C@H](C)CC[C@H](C[C@H](O)[C@H](Cc1ccccc1)OC(=O)c1cnc2ccccc2n1)C(N)=O. The molecular weight excluding hydrogens is 430 g/mol. The number of amides is 1. The molecule has 180 valence electrons. The van der Waals surface area contributed by atoms with E-state index >= 15 is 0 Å². The summed E-state index contributed by atoms with van der Waals surface area (Å²) in [5.74, 6) is -1.16. The normalized spacial score (nSPS) is 14.8. The lowest BCUT2D eigenvalue weighted by atomic mass is 9.88. The van der Waals surface area contributed by atoms with E-state index in [4.69, 9.17) is 10.5 Å². The highest BCUT2D eigenvalue weighted by Gasteiger charge is 2.30. The number of nitrogens with zero attached hydrogens (tertiary/aromatic N) is 2. The maximum absolute atomic E-state index is 12.9. The van der Waals surface area contributed by atoms with E-state index in [0.717, 1.165) is 18.4 Å². The van der Waals surface area contributed by atoms with Gasteiger partial charge in [-0.1, -0.05) is 62.7 Å². The van der Waals surface area contributed by atoms with Crippen molar-refractivity contribution in [1.82, 2.24) is 9.97 Å². The number of aromatic nitrogens is 2. The third-order valence-electron chi connectivity index (χ3n) is 6.26. The van der Waals surface area contributed by atoms with Crippen LogP contribution in [0.25, 0.3) is 11.0 Å². The molecule has 0 fully saturated rings. The number of fused-ring (bicyclic) bond motifs is 1. The minimum absolute atomic E-state index is 0.0622. The zero-order chi connectivity index (χ0) is 24.5. The first-order valence-electron chi connectivity index (χ1n) is 11.8. The van der Waals surface area contributed by atoms with Crippen molar-refractivity contribution in [3.05, 3.63) is 72.1 Å². The standard InChI is InChI=1S/C27H33N3O4/c1-3-18(2)13-14-20(26(28)32)16-24(31)25(15-19-9-5-4-6-10-19)34-27(33)23-17-29-21-11-7-8-12-22(21)30-23/h4-12,17-18,20,24-25,31H,3,13-16H2,1-2H3,(H2,28,32)/t18-,20+,24-,25-/m0/s1. The highest BCUT2D eigenvalue weighted by atomic mass is 16.6. The van der Waals surface area contributed by atoms with Crippen LogP contribution in [0.5, 0.6) is 0 Å². The van der Waals surface area contributed by atoms with Gasteiger partial charge in [0.05, 0.1) is 23.3 Å². The number of carbonyl (C=O) groups is 2. The quantitative estimate of drug-likeness (QED) is 0.391. The average Bonchev–Trinajstić information content (AvgIpc) is 2.85. The van der Waals surface area contributed by atoms with Gasteiger partial charge in [-0.05, 0) is 42.9 Å². The lowest BCUT2D eigenvalue weighted by Gasteiger charge is -2.26. The van der Waals surface area contributed by atoms with Gasteiger partial charge in [0.1, 0.15) is 6.10 Å². The van der Waals surface area contributed by atoms with Crippen LogP contribution in [-0.4, -0.2) is 39.2 Å². The Morgan fingerprint density at radius 3 is 2.38 bits per heavy atom. The van der Waals surface area contributed by atoms with Gasteiger partial charge in [0.15, 0.2) is 5.69 Å². The second-order valence-corrected chi connectivity index (χ2v) is 8.87. The zero-order valence-electron chi connectivity index (χ0n) is 19.8. The predicted molar refractivity (Wildman–Crippen MR) is 131 cm³/mol. The molecule has 3 N–H and O–H groups in total. The molecule has 0 saturated carbocycles. The summed E-state index contributed by atoms with van der Waals surface area (Å²) in [4.78, 5) is 33.6. The highest BCUT2D eigenvalue weighted by molar-refractivity contribution is 5.89. The third kappa shape index (κ3) is 7.09. The smallest absolute Gasteiger partial charge is 0.358 e. The van der Waals surface area contributed by atoms with Crippen LogP contribution in [0.15, 0.2) is 60.8 Å². The number of nitrogens with two attached hydrogens (primary N) is 1. The molecule has 0 saturated heterocycles. The number of aliphatic hydroxyl groups excluding tert-OH is 1. The number of hydrogen-bond donors (Lipinski definition) is 2. The highest BCUT2D eigenvalue weighted by Crippen LogP contribution is 2.23. The molecule has 0 aliphatic heterocycles. The molecule has 2 aromatic carbocycles. The van der Waals surface area contributed by atoms with Crippen molar-refractivity contribution in [2.24, 2.45) is 17.6 Å². The average molecular weight is 464 g/mol. The number of aliphatic hydroxyl groups is 1. The predicted octanol–water partition coefficient (Wildman–Crippen LogP) is 4.08. The second-order valence-electron chi connectivity index (χ2n) is 8.87. The molecule has 7 heteroatoms. The second kappa shape index (κ2) is 12.2. The van der Waals surface area contributed by atoms with E-state index in [1.165, 1.54) is 6.20 Å². The first-order valence-corrected chi connectivity index (χ1v) is 11.8. The van der Waals surface area contributed by atoms with Crippen molar-refractivity contribution in [3.63, 3.8) is 0 Å². The van der Waals surface area contributed by atoms with Gasteiger partial charge in [-0.3, -0.25) is 9.78 Å². The minimum atomic E-state index is -1.06. The van der Waals surface area contributed by atoms with E-state index in [1.54, 1.807) is 6.07 Å². The van der Waals surface area contributed by atoms with Crippen LogP contribution in [0.2, 0.25) is 0 Å². The molecule has 0 spiro atoms. The number of para-hydroxylation sites is 2. The summed E-state index contributed by atoms with van der Waals surface area (Å²) in [5, 5.41) is 11.1. The van der Waals surface area contributed by atoms with Gasteiger partial charge in [0.2, 0.25) is 5.91 Å². The maximum atomic E-state index is 12.9. The van der Waals surface area contributed by atoms with Crippen molar-refractivity contribution in [1.29, 1.82) is 0 Å². The van der Waals surface area contributed by atoms with Crippen LogP contribution in [0.4, 0.5) is 0 Å². The number of esters is 1. The number of ether oxygens (including phenoxy) is 1. The van der Waals surface area contributed by atoms with E-state index in [2.05, 4.69) is 23.8 Å². The molecule has 3 rings (SSSR count). The summed E-state index contributed by atoms with van der Waals surface area (Å²) in [5.41, 5.74) is 7.85. The van der Waals surface area contributed by atoms with Crippen LogP contribution in [0.3, 0.4) is 0 Å². The summed E-state index contributed by atoms with van der Waals surface area (Å²) in [7, 11) is 0. The van der Waals surface area contributed by atoms with Gasteiger partial charge >= 0.3 is 5.97 Å². The van der Waals surface area contributed by atoms with E-state index < -0.39 is 30.0 Å². The minimum Gasteiger partial charge on any atom is -0.454 e. The number of benzene rings is 2. The van der Waals surface area contributed by atoms with Crippen molar-refractivity contribution in [2.45, 2.75) is 58.2 Å². The molecule has 34 heavy (non-hydrogen) atoms. The van der Waals surface area contributed by atoms with E-state index in [-0.39, 0.29) is 12.1 Å². The fourth-order valence-electron chi connectivity index (χ4n) is 3.87. The molecule has 3 aromatic rings. The molecule has 1 heterocycles. The molecule has 4 atom stereocenters. The van der Waals surface area contributed by atoms with Gasteiger partial charge in [-0.15, -0.1) is 0 Å². The summed E-state index contributed by atoms with van der Waals surface area (Å²) in [6, 6.07) is 16.7. The summed E-state index contributed by atoms with van der Waals surface area (Å²) < 4.78 is 5.74. The van der Waals surface area contributed by atoms with Crippen molar-refractivity contribution in [3.8, 4) is 0 Å². The van der Waals surface area contributed by atoms with E-state index in [1.807, 2.05) is 48.5 Å². The van der Waals surface area contributed by atoms with Crippen molar-refractivity contribution >= 4 is 22.9 Å². The lowest BCUT2D eigenvalue weighted by Crippen LogP contribution is -2.37. The van der Waals surface area contributed by atoms with Crippen LogP contribution < -0.4 is 5.73 Å². The largest absolute Gasteiger partial charge is 0.454 e. The Morgan fingerprint density at radius 1 is 1.03 bits per heavy atom. The van der Waals surface area contributed by atoms with Crippen molar-refractivity contribution in [2.75, 3.05) is 0 Å². The molecule has 1 aromatic heterocycles. The Morgan fingerprint density at radius 2 is 1.71 bits per heavy atom. The number of carbonyl (C=O) groups excluding carboxylic acids is 2. The van der Waals surface area contributed by atoms with E-state index in [0.29, 0.717) is 29.8 Å². The Hall–Kier alpha value is -3.32. The third-order valence-corrected chi connectivity index (χ3v) is 6.26. The van der Waals surface area contributed by atoms with Crippen LogP contribution in [0, 0.1) is 11.8 Å². The first kappa shape index (κ1) is 25.3.